The second kappa shape index (κ2) is 10.7. The number of nitrogens with zero attached hydrogens (tertiary/aromatic N) is 2. The predicted octanol–water partition coefficient (Wildman–Crippen LogP) is 1.51. The van der Waals surface area contributed by atoms with Crippen LogP contribution in [0.2, 0.25) is 0 Å². The van der Waals surface area contributed by atoms with Crippen LogP contribution >= 0.6 is 0 Å². The lowest BCUT2D eigenvalue weighted by Crippen LogP contribution is -2.27. The highest BCUT2D eigenvalue weighted by molar-refractivity contribution is 7.89. The minimum Gasteiger partial charge on any atom is -0.493 e. The van der Waals surface area contributed by atoms with Crippen molar-refractivity contribution in [3.8, 4) is 17.2 Å². The number of benzene rings is 2. The van der Waals surface area contributed by atoms with E-state index in [-0.39, 0.29) is 29.2 Å². The Labute approximate surface area is 197 Å². The Bertz CT molecular complexity index is 1320. The van der Waals surface area contributed by atoms with E-state index in [9.17, 15) is 13.2 Å². The van der Waals surface area contributed by atoms with Gasteiger partial charge in [0.05, 0.1) is 38.3 Å². The lowest BCUT2D eigenvalue weighted by atomic mass is 10.2. The summed E-state index contributed by atoms with van der Waals surface area (Å²) in [6.45, 7) is 0.729. The summed E-state index contributed by atoms with van der Waals surface area (Å²) in [5.74, 6) is 1.20. The Balaban J connectivity index is 1.94. The Morgan fingerprint density at radius 3 is 2.44 bits per heavy atom. The van der Waals surface area contributed by atoms with Gasteiger partial charge in [0.2, 0.25) is 21.7 Å². The van der Waals surface area contributed by atoms with E-state index in [1.54, 1.807) is 36.2 Å². The average Bonchev–Trinajstić information content (AvgIpc) is 2.82. The van der Waals surface area contributed by atoms with Crippen LogP contribution in [0.4, 0.5) is 5.95 Å². The second-order valence-electron chi connectivity index (χ2n) is 7.33. The Kier molecular flexibility index (Phi) is 7.97. The van der Waals surface area contributed by atoms with Crippen molar-refractivity contribution in [1.29, 1.82) is 0 Å². The van der Waals surface area contributed by atoms with Crippen LogP contribution in [0.3, 0.4) is 0 Å². The first kappa shape index (κ1) is 25.3. The number of aromatic nitrogens is 2. The molecule has 0 atom stereocenters. The molecule has 0 spiro atoms. The summed E-state index contributed by atoms with van der Waals surface area (Å²) in [4.78, 5) is 22.0. The van der Waals surface area contributed by atoms with E-state index in [0.29, 0.717) is 35.1 Å². The zero-order valence-corrected chi connectivity index (χ0v) is 20.5. The van der Waals surface area contributed by atoms with Crippen LogP contribution in [0.1, 0.15) is 5.56 Å². The van der Waals surface area contributed by atoms with Gasteiger partial charge in [-0.25, -0.2) is 13.1 Å². The number of H-pyrrole nitrogens is 1. The van der Waals surface area contributed by atoms with Gasteiger partial charge < -0.3 is 28.8 Å². The number of rotatable bonds is 11. The largest absolute Gasteiger partial charge is 0.493 e. The molecule has 12 heteroatoms. The molecule has 3 rings (SSSR count). The summed E-state index contributed by atoms with van der Waals surface area (Å²) in [6.07, 6.45) is 0. The molecular weight excluding hydrogens is 464 g/mol. The highest BCUT2D eigenvalue weighted by atomic mass is 32.2. The Hall–Kier alpha value is -3.35. The number of nitrogens with one attached hydrogen (secondary N) is 2. The third kappa shape index (κ3) is 5.24. The molecular formula is C22H28N4O7S. The van der Waals surface area contributed by atoms with Crippen LogP contribution in [0.25, 0.3) is 10.9 Å². The van der Waals surface area contributed by atoms with E-state index in [1.165, 1.54) is 34.5 Å². The molecule has 11 nitrogen and oxygen atoms in total. The van der Waals surface area contributed by atoms with E-state index in [1.807, 2.05) is 0 Å². The highest BCUT2D eigenvalue weighted by Crippen LogP contribution is 2.41. The summed E-state index contributed by atoms with van der Waals surface area (Å²) in [5.41, 5.74) is 0.659. The number of hydrogen-bond acceptors (Lipinski definition) is 9. The molecule has 0 aliphatic carbocycles. The molecule has 0 unspecified atom stereocenters. The minimum atomic E-state index is -3.67. The molecule has 0 bridgehead atoms. The number of fused-ring (bicyclic) bond motifs is 1. The highest BCUT2D eigenvalue weighted by Gasteiger charge is 2.21. The molecule has 0 aliphatic heterocycles. The third-order valence-corrected chi connectivity index (χ3v) is 6.54. The molecule has 2 aromatic carbocycles. The number of methoxy groups -OCH3 is 4. The van der Waals surface area contributed by atoms with Crippen molar-refractivity contribution in [3.63, 3.8) is 0 Å². The van der Waals surface area contributed by atoms with E-state index < -0.39 is 15.6 Å². The van der Waals surface area contributed by atoms with Crippen molar-refractivity contribution in [2.45, 2.75) is 11.4 Å². The standard InChI is InChI=1S/C22H28N4O7S/c1-26(13-14-7-6-8-15(11-14)34(28,29)23-9-10-30-2)22-24-16-12-17(31-3)19(32-4)20(33-5)18(16)21(27)25-22/h6-8,11-12,23H,9-10,13H2,1-5H3,(H,24,25,27). The van der Waals surface area contributed by atoms with E-state index >= 15 is 0 Å². The molecule has 0 saturated heterocycles. The van der Waals surface area contributed by atoms with Crippen molar-refractivity contribution in [1.82, 2.24) is 14.7 Å². The molecule has 0 aliphatic rings. The van der Waals surface area contributed by atoms with Gasteiger partial charge in [0.1, 0.15) is 5.39 Å². The van der Waals surface area contributed by atoms with Gasteiger partial charge in [-0.05, 0) is 17.7 Å². The van der Waals surface area contributed by atoms with Gasteiger partial charge in [0, 0.05) is 33.3 Å². The molecule has 3 aromatic rings. The van der Waals surface area contributed by atoms with Crippen LogP contribution in [-0.2, 0) is 21.3 Å². The Morgan fingerprint density at radius 2 is 1.79 bits per heavy atom. The molecule has 1 aromatic heterocycles. The third-order valence-electron chi connectivity index (χ3n) is 5.09. The summed E-state index contributed by atoms with van der Waals surface area (Å²) >= 11 is 0. The molecule has 0 radical (unpaired) electrons. The summed E-state index contributed by atoms with van der Waals surface area (Å²) in [6, 6.07) is 8.17. The van der Waals surface area contributed by atoms with Gasteiger partial charge in [0.25, 0.3) is 5.56 Å². The van der Waals surface area contributed by atoms with E-state index in [0.717, 1.165) is 0 Å². The zero-order valence-electron chi connectivity index (χ0n) is 19.7. The fraction of sp³-hybridized carbons (Fsp3) is 0.364. The number of anilines is 1. The normalized spacial score (nSPS) is 11.4. The van der Waals surface area contributed by atoms with Gasteiger partial charge in [-0.3, -0.25) is 4.79 Å². The van der Waals surface area contributed by atoms with Gasteiger partial charge >= 0.3 is 0 Å². The molecule has 0 saturated carbocycles. The van der Waals surface area contributed by atoms with Crippen LogP contribution in [0.5, 0.6) is 17.2 Å². The Morgan fingerprint density at radius 1 is 1.06 bits per heavy atom. The molecule has 34 heavy (non-hydrogen) atoms. The van der Waals surface area contributed by atoms with Crippen LogP contribution in [-0.4, -0.2) is 67.0 Å². The smallest absolute Gasteiger partial charge is 0.286 e. The molecule has 2 N–H and O–H groups in total. The number of sulfonamides is 1. The van der Waals surface area contributed by atoms with E-state index in [2.05, 4.69) is 14.7 Å². The summed E-state index contributed by atoms with van der Waals surface area (Å²) in [5, 5.41) is 0.229. The SMILES string of the molecule is COCCNS(=O)(=O)c1cccc(CN(C)c2nc(=O)c3c(OC)c(OC)c(OC)cc3[nH]2)c1. The van der Waals surface area contributed by atoms with Crippen molar-refractivity contribution in [2.24, 2.45) is 0 Å². The number of hydrogen-bond donors (Lipinski definition) is 2. The first-order valence-corrected chi connectivity index (χ1v) is 11.8. The quantitative estimate of drug-likeness (QED) is 0.382. The van der Waals surface area contributed by atoms with Gasteiger partial charge in [-0.2, -0.15) is 4.98 Å². The van der Waals surface area contributed by atoms with E-state index in [4.69, 9.17) is 18.9 Å². The van der Waals surface area contributed by atoms with Gasteiger partial charge in [-0.15, -0.1) is 0 Å². The molecule has 184 valence electrons. The summed E-state index contributed by atoms with van der Waals surface area (Å²) in [7, 11) is 3.93. The maximum Gasteiger partial charge on any atom is 0.286 e. The minimum absolute atomic E-state index is 0.135. The predicted molar refractivity (Wildman–Crippen MR) is 128 cm³/mol. The fourth-order valence-electron chi connectivity index (χ4n) is 3.47. The zero-order chi connectivity index (χ0) is 24.9. The van der Waals surface area contributed by atoms with Crippen molar-refractivity contribution >= 4 is 26.9 Å². The van der Waals surface area contributed by atoms with Crippen LogP contribution in [0.15, 0.2) is 40.0 Å². The first-order chi connectivity index (χ1) is 16.2. The number of ether oxygens (including phenoxy) is 4. The monoisotopic (exact) mass is 492 g/mol. The van der Waals surface area contributed by atoms with Crippen molar-refractivity contribution in [2.75, 3.05) is 53.5 Å². The topological polar surface area (TPSA) is 132 Å². The van der Waals surface area contributed by atoms with Gasteiger partial charge in [-0.1, -0.05) is 12.1 Å². The lowest BCUT2D eigenvalue weighted by molar-refractivity contribution is 0.204. The maximum absolute atomic E-state index is 12.9. The van der Waals surface area contributed by atoms with Crippen LogP contribution < -0.4 is 29.4 Å². The fourth-order valence-corrected chi connectivity index (χ4v) is 4.55. The van der Waals surface area contributed by atoms with Crippen molar-refractivity contribution < 1.29 is 27.4 Å². The maximum atomic E-state index is 12.9. The molecule has 1 heterocycles. The average molecular weight is 493 g/mol. The first-order valence-electron chi connectivity index (χ1n) is 10.3. The lowest BCUT2D eigenvalue weighted by Gasteiger charge is -2.20. The molecule has 0 fully saturated rings. The second-order valence-corrected chi connectivity index (χ2v) is 9.09. The number of aromatic amines is 1. The summed E-state index contributed by atoms with van der Waals surface area (Å²) < 4.78 is 48.5. The van der Waals surface area contributed by atoms with Crippen LogP contribution in [0, 0.1) is 0 Å². The van der Waals surface area contributed by atoms with Crippen molar-refractivity contribution in [3.05, 3.63) is 46.2 Å². The van der Waals surface area contributed by atoms with Gasteiger partial charge in [0.15, 0.2) is 11.5 Å². The molecule has 0 amide bonds.